The first kappa shape index (κ1) is 28.2. The lowest BCUT2D eigenvalue weighted by atomic mass is 9.85. The number of alkyl halides is 6. The number of rotatable bonds is 10. The number of carbonyl (C=O) groups excluding carboxylic acids is 1. The fraction of sp³-hybridized carbons (Fsp3) is 0.296. The Balaban J connectivity index is 1.89. The van der Waals surface area contributed by atoms with Crippen molar-refractivity contribution in [3.05, 3.63) is 107 Å². The number of hydrogen-bond acceptors (Lipinski definition) is 4. The van der Waals surface area contributed by atoms with Gasteiger partial charge in [-0.2, -0.15) is 26.3 Å². The maximum atomic E-state index is 13.2. The van der Waals surface area contributed by atoms with Crippen molar-refractivity contribution in [3.63, 3.8) is 0 Å². The predicted octanol–water partition coefficient (Wildman–Crippen LogP) is 6.20. The van der Waals surface area contributed by atoms with Crippen molar-refractivity contribution in [2.75, 3.05) is 20.3 Å². The topological polar surface area (TPSA) is 47.6 Å². The second-order valence-corrected chi connectivity index (χ2v) is 8.29. The first-order valence-corrected chi connectivity index (χ1v) is 11.2. The van der Waals surface area contributed by atoms with Crippen molar-refractivity contribution in [1.82, 2.24) is 5.32 Å². The Kier molecular flexibility index (Phi) is 9.34. The SMILES string of the molecule is COC(=O)CNC(COCc1cc(C(F)(F)F)cc(C(F)(F)F)c1)C(c1ccccc1)c1ccccc1. The maximum absolute atomic E-state index is 13.2. The molecule has 0 amide bonds. The molecule has 0 aliphatic heterocycles. The zero-order valence-corrected chi connectivity index (χ0v) is 19.8. The van der Waals surface area contributed by atoms with Gasteiger partial charge in [-0.1, -0.05) is 60.7 Å². The van der Waals surface area contributed by atoms with Crippen LogP contribution in [0.15, 0.2) is 78.9 Å². The van der Waals surface area contributed by atoms with Crippen LogP contribution in [0.1, 0.15) is 33.7 Å². The number of carbonyl (C=O) groups is 1. The highest BCUT2D eigenvalue weighted by Crippen LogP contribution is 2.36. The quantitative estimate of drug-likeness (QED) is 0.253. The summed E-state index contributed by atoms with van der Waals surface area (Å²) in [5.41, 5.74) is -1.35. The third-order valence-corrected chi connectivity index (χ3v) is 5.67. The van der Waals surface area contributed by atoms with Gasteiger partial charge in [-0.05, 0) is 34.9 Å². The van der Waals surface area contributed by atoms with Crippen LogP contribution in [-0.4, -0.2) is 32.3 Å². The Labute approximate surface area is 210 Å². The predicted molar refractivity (Wildman–Crippen MR) is 125 cm³/mol. The van der Waals surface area contributed by atoms with E-state index in [0.29, 0.717) is 12.1 Å². The van der Waals surface area contributed by atoms with Crippen molar-refractivity contribution < 1.29 is 40.6 Å². The van der Waals surface area contributed by atoms with Crippen LogP contribution in [0.5, 0.6) is 0 Å². The van der Waals surface area contributed by atoms with Crippen molar-refractivity contribution in [1.29, 1.82) is 0 Å². The first-order chi connectivity index (χ1) is 17.5. The Morgan fingerprint density at radius 3 is 1.73 bits per heavy atom. The summed E-state index contributed by atoms with van der Waals surface area (Å²) in [6.45, 7) is -0.800. The number of methoxy groups -OCH3 is 1. The molecular formula is C27H25F6NO3. The molecule has 0 spiro atoms. The Hall–Kier alpha value is -3.37. The molecule has 0 aromatic heterocycles. The number of nitrogens with one attached hydrogen (secondary N) is 1. The fourth-order valence-electron chi connectivity index (χ4n) is 3.94. The summed E-state index contributed by atoms with van der Waals surface area (Å²) in [4.78, 5) is 11.8. The largest absolute Gasteiger partial charge is 0.468 e. The molecule has 0 aliphatic rings. The molecule has 10 heteroatoms. The minimum atomic E-state index is -4.95. The van der Waals surface area contributed by atoms with Crippen LogP contribution in [0.25, 0.3) is 0 Å². The molecule has 0 heterocycles. The van der Waals surface area contributed by atoms with Gasteiger partial charge in [0.25, 0.3) is 0 Å². The molecule has 0 saturated carbocycles. The van der Waals surface area contributed by atoms with Crippen LogP contribution in [0.4, 0.5) is 26.3 Å². The fourth-order valence-corrected chi connectivity index (χ4v) is 3.94. The van der Waals surface area contributed by atoms with Gasteiger partial charge in [0.2, 0.25) is 0 Å². The molecule has 0 aliphatic carbocycles. The molecule has 198 valence electrons. The molecule has 3 aromatic carbocycles. The van der Waals surface area contributed by atoms with Crippen LogP contribution in [-0.2, 0) is 33.2 Å². The lowest BCUT2D eigenvalue weighted by Crippen LogP contribution is -2.42. The van der Waals surface area contributed by atoms with Gasteiger partial charge < -0.3 is 14.8 Å². The summed E-state index contributed by atoms with van der Waals surface area (Å²) < 4.78 is 89.7. The molecule has 3 aromatic rings. The summed E-state index contributed by atoms with van der Waals surface area (Å²) in [6, 6.07) is 19.3. The third kappa shape index (κ3) is 8.06. The van der Waals surface area contributed by atoms with E-state index in [1.54, 1.807) is 0 Å². The molecule has 4 nitrogen and oxygen atoms in total. The molecule has 1 unspecified atom stereocenters. The molecule has 0 radical (unpaired) electrons. The van der Waals surface area contributed by atoms with E-state index in [9.17, 15) is 31.1 Å². The van der Waals surface area contributed by atoms with Gasteiger partial charge in [-0.15, -0.1) is 0 Å². The molecule has 0 saturated heterocycles. The highest BCUT2D eigenvalue weighted by atomic mass is 19.4. The van der Waals surface area contributed by atoms with E-state index in [4.69, 9.17) is 9.47 Å². The highest BCUT2D eigenvalue weighted by molar-refractivity contribution is 5.71. The Bertz CT molecular complexity index is 1080. The smallest absolute Gasteiger partial charge is 0.416 e. The Morgan fingerprint density at radius 1 is 0.811 bits per heavy atom. The minimum Gasteiger partial charge on any atom is -0.468 e. The molecule has 1 atom stereocenters. The van der Waals surface area contributed by atoms with Crippen molar-refractivity contribution in [3.8, 4) is 0 Å². The van der Waals surface area contributed by atoms with Crippen molar-refractivity contribution in [2.45, 2.75) is 30.9 Å². The van der Waals surface area contributed by atoms with Crippen LogP contribution >= 0.6 is 0 Å². The van der Waals surface area contributed by atoms with Crippen LogP contribution in [0.3, 0.4) is 0 Å². The summed E-state index contributed by atoms with van der Waals surface area (Å²) in [7, 11) is 1.23. The second kappa shape index (κ2) is 12.2. The third-order valence-electron chi connectivity index (χ3n) is 5.67. The van der Waals surface area contributed by atoms with Crippen LogP contribution < -0.4 is 5.32 Å². The van der Waals surface area contributed by atoms with E-state index >= 15 is 0 Å². The highest BCUT2D eigenvalue weighted by Gasteiger charge is 2.37. The van der Waals surface area contributed by atoms with Gasteiger partial charge in [0.05, 0.1) is 38.0 Å². The molecule has 0 fully saturated rings. The minimum absolute atomic E-state index is 0.0745. The van der Waals surface area contributed by atoms with E-state index in [-0.39, 0.29) is 30.7 Å². The molecule has 1 N–H and O–H groups in total. The van der Waals surface area contributed by atoms with E-state index in [0.717, 1.165) is 11.1 Å². The van der Waals surface area contributed by atoms with E-state index in [1.807, 2.05) is 60.7 Å². The van der Waals surface area contributed by atoms with Gasteiger partial charge in [0, 0.05) is 12.0 Å². The van der Waals surface area contributed by atoms with Gasteiger partial charge in [-0.3, -0.25) is 4.79 Å². The summed E-state index contributed by atoms with van der Waals surface area (Å²) in [5, 5.41) is 3.07. The summed E-state index contributed by atoms with van der Waals surface area (Å²) in [5.74, 6) is -0.892. The normalized spacial score (nSPS) is 13.0. The van der Waals surface area contributed by atoms with Crippen molar-refractivity contribution in [2.24, 2.45) is 0 Å². The second-order valence-electron chi connectivity index (χ2n) is 8.29. The lowest BCUT2D eigenvalue weighted by Gasteiger charge is -2.29. The molecule has 37 heavy (non-hydrogen) atoms. The standard InChI is InChI=1S/C27H25F6NO3/c1-36-24(35)15-34-23(25(19-8-4-2-5-9-19)20-10-6-3-7-11-20)17-37-16-18-12-21(26(28,29)30)14-22(13-18)27(31,32)33/h2-14,23,25,34H,15-17H2,1H3. The Morgan fingerprint density at radius 2 is 1.30 bits per heavy atom. The zero-order valence-electron chi connectivity index (χ0n) is 19.8. The van der Waals surface area contributed by atoms with Crippen LogP contribution in [0, 0.1) is 0 Å². The maximum Gasteiger partial charge on any atom is 0.416 e. The van der Waals surface area contributed by atoms with Crippen molar-refractivity contribution >= 4 is 5.97 Å². The number of benzene rings is 3. The lowest BCUT2D eigenvalue weighted by molar-refractivity contribution is -0.143. The van der Waals surface area contributed by atoms with E-state index < -0.39 is 42.1 Å². The average Bonchev–Trinajstić information content (AvgIpc) is 2.87. The number of halogens is 6. The van der Waals surface area contributed by atoms with E-state index in [1.165, 1.54) is 7.11 Å². The first-order valence-electron chi connectivity index (χ1n) is 11.2. The molecule has 3 rings (SSSR count). The number of hydrogen-bond donors (Lipinski definition) is 1. The molecular weight excluding hydrogens is 500 g/mol. The molecule has 0 bridgehead atoms. The van der Waals surface area contributed by atoms with Gasteiger partial charge in [0.1, 0.15) is 0 Å². The van der Waals surface area contributed by atoms with E-state index in [2.05, 4.69) is 5.32 Å². The number of ether oxygens (including phenoxy) is 2. The van der Waals surface area contributed by atoms with Crippen LogP contribution in [0.2, 0.25) is 0 Å². The number of esters is 1. The van der Waals surface area contributed by atoms with Gasteiger partial charge in [-0.25, -0.2) is 0 Å². The van der Waals surface area contributed by atoms with Gasteiger partial charge in [0.15, 0.2) is 0 Å². The zero-order chi connectivity index (χ0) is 27.1. The summed E-state index contributed by atoms with van der Waals surface area (Å²) >= 11 is 0. The van der Waals surface area contributed by atoms with Gasteiger partial charge >= 0.3 is 18.3 Å². The summed E-state index contributed by atoms with van der Waals surface area (Å²) in [6.07, 6.45) is -9.90. The monoisotopic (exact) mass is 525 g/mol. The average molecular weight is 525 g/mol.